The van der Waals surface area contributed by atoms with Crippen molar-refractivity contribution >= 4 is 17.9 Å². The third kappa shape index (κ3) is 8.94. The summed E-state index contributed by atoms with van der Waals surface area (Å²) in [6.45, 7) is 0.406. The Balaban J connectivity index is 1.49. The summed E-state index contributed by atoms with van der Waals surface area (Å²) in [4.78, 5) is 38.8. The van der Waals surface area contributed by atoms with Crippen LogP contribution in [-0.2, 0) is 34.0 Å². The number of ether oxygens (including phenoxy) is 2. The zero-order valence-corrected chi connectivity index (χ0v) is 22.4. The lowest BCUT2D eigenvalue weighted by Gasteiger charge is -2.23. The molecule has 4 aromatic rings. The summed E-state index contributed by atoms with van der Waals surface area (Å²) in [6, 6.07) is 32.8. The van der Waals surface area contributed by atoms with Gasteiger partial charge in [0.25, 0.3) is 5.91 Å². The molecule has 5 N–H and O–H groups in total. The van der Waals surface area contributed by atoms with Gasteiger partial charge >= 0.3 is 6.09 Å². The van der Waals surface area contributed by atoms with Crippen molar-refractivity contribution < 1.29 is 23.9 Å². The molecule has 0 bridgehead atoms. The molecular formula is C32H32N4O5. The second kappa shape index (κ2) is 14.9. The van der Waals surface area contributed by atoms with Gasteiger partial charge in [-0.3, -0.25) is 15.0 Å². The quantitative estimate of drug-likeness (QED) is 0.120. The van der Waals surface area contributed by atoms with Gasteiger partial charge in [0.05, 0.1) is 0 Å². The van der Waals surface area contributed by atoms with Gasteiger partial charge in [-0.1, -0.05) is 103 Å². The SMILES string of the molecule is NNC(=O)[C@@H](Cc1ccccc1)NC(=O)[C@@H](NC(=O)OCc1ccccc1)c1ccc(OCc2ccccc2)cc1. The summed E-state index contributed by atoms with van der Waals surface area (Å²) in [6.07, 6.45) is -0.589. The van der Waals surface area contributed by atoms with Crippen molar-refractivity contribution in [2.24, 2.45) is 5.84 Å². The van der Waals surface area contributed by atoms with Gasteiger partial charge in [0.15, 0.2) is 0 Å². The molecule has 3 amide bonds. The van der Waals surface area contributed by atoms with Crippen LogP contribution in [0.15, 0.2) is 115 Å². The van der Waals surface area contributed by atoms with E-state index < -0.39 is 30.0 Å². The highest BCUT2D eigenvalue weighted by molar-refractivity contribution is 5.92. The van der Waals surface area contributed by atoms with Crippen LogP contribution in [0, 0.1) is 0 Å². The minimum Gasteiger partial charge on any atom is -0.489 e. The molecule has 0 fully saturated rings. The lowest BCUT2D eigenvalue weighted by atomic mass is 10.0. The van der Waals surface area contributed by atoms with Crippen LogP contribution < -0.4 is 26.6 Å². The van der Waals surface area contributed by atoms with Crippen LogP contribution in [0.4, 0.5) is 4.79 Å². The van der Waals surface area contributed by atoms with Gasteiger partial charge in [-0.2, -0.15) is 0 Å². The molecule has 0 aliphatic carbocycles. The second-order valence-electron chi connectivity index (χ2n) is 9.24. The van der Waals surface area contributed by atoms with E-state index in [0.717, 1.165) is 16.7 Å². The number of amides is 3. The van der Waals surface area contributed by atoms with E-state index in [4.69, 9.17) is 15.3 Å². The van der Waals surface area contributed by atoms with Gasteiger partial charge < -0.3 is 20.1 Å². The molecule has 9 nitrogen and oxygen atoms in total. The van der Waals surface area contributed by atoms with Crippen LogP contribution in [0.1, 0.15) is 28.3 Å². The Hall–Kier alpha value is -5.15. The van der Waals surface area contributed by atoms with Crippen LogP contribution in [0.5, 0.6) is 5.75 Å². The van der Waals surface area contributed by atoms with E-state index in [1.54, 1.807) is 24.3 Å². The standard InChI is InChI=1S/C32H32N4O5/c33-36-30(37)28(20-23-10-4-1-5-11-23)34-31(38)29(35-32(39)41-22-25-14-8-3-9-15-25)26-16-18-27(19-17-26)40-21-24-12-6-2-7-13-24/h1-19,28-29H,20-22,33H2,(H,34,38)(H,35,39)(H,36,37)/t28-,29+/m1/s1. The first-order valence-corrected chi connectivity index (χ1v) is 13.1. The Morgan fingerprint density at radius 3 is 1.73 bits per heavy atom. The number of rotatable bonds is 12. The summed E-state index contributed by atoms with van der Waals surface area (Å²) in [5, 5.41) is 5.35. The molecule has 0 saturated heterocycles. The first-order valence-electron chi connectivity index (χ1n) is 13.1. The summed E-state index contributed by atoms with van der Waals surface area (Å²) in [5.74, 6) is 4.81. The van der Waals surface area contributed by atoms with Gasteiger partial charge in [0.2, 0.25) is 5.91 Å². The van der Waals surface area contributed by atoms with Crippen molar-refractivity contribution in [2.75, 3.05) is 0 Å². The molecule has 0 aliphatic rings. The van der Waals surface area contributed by atoms with Crippen LogP contribution in [0.2, 0.25) is 0 Å². The fraction of sp³-hybridized carbons (Fsp3) is 0.156. The Labute approximate surface area is 238 Å². The number of hydrogen-bond donors (Lipinski definition) is 4. The van der Waals surface area contributed by atoms with E-state index in [-0.39, 0.29) is 13.0 Å². The molecule has 9 heteroatoms. The van der Waals surface area contributed by atoms with Crippen molar-refractivity contribution in [1.82, 2.24) is 16.1 Å². The van der Waals surface area contributed by atoms with E-state index in [1.807, 2.05) is 91.0 Å². The molecule has 0 radical (unpaired) electrons. The molecule has 2 atom stereocenters. The van der Waals surface area contributed by atoms with E-state index in [2.05, 4.69) is 16.1 Å². The van der Waals surface area contributed by atoms with E-state index >= 15 is 0 Å². The third-order valence-electron chi connectivity index (χ3n) is 6.26. The van der Waals surface area contributed by atoms with Crippen molar-refractivity contribution in [3.8, 4) is 5.75 Å². The van der Waals surface area contributed by atoms with Crippen molar-refractivity contribution in [3.63, 3.8) is 0 Å². The summed E-state index contributed by atoms with van der Waals surface area (Å²) < 4.78 is 11.2. The molecule has 4 rings (SSSR count). The number of nitrogens with two attached hydrogens (primary N) is 1. The summed E-state index contributed by atoms with van der Waals surface area (Å²) >= 11 is 0. The Morgan fingerprint density at radius 1 is 0.634 bits per heavy atom. The maximum atomic E-state index is 13.5. The largest absolute Gasteiger partial charge is 0.489 e. The maximum absolute atomic E-state index is 13.5. The van der Waals surface area contributed by atoms with Crippen LogP contribution >= 0.6 is 0 Å². The highest BCUT2D eigenvalue weighted by Crippen LogP contribution is 2.20. The van der Waals surface area contributed by atoms with Gasteiger partial charge in [-0.25, -0.2) is 10.6 Å². The lowest BCUT2D eigenvalue weighted by Crippen LogP contribution is -2.52. The second-order valence-corrected chi connectivity index (χ2v) is 9.24. The van der Waals surface area contributed by atoms with Crippen molar-refractivity contribution in [3.05, 3.63) is 138 Å². The van der Waals surface area contributed by atoms with E-state index in [9.17, 15) is 14.4 Å². The highest BCUT2D eigenvalue weighted by atomic mass is 16.5. The fourth-order valence-electron chi connectivity index (χ4n) is 4.10. The molecule has 0 saturated carbocycles. The predicted octanol–water partition coefficient (Wildman–Crippen LogP) is 3.95. The molecular weight excluding hydrogens is 520 g/mol. The number of nitrogens with one attached hydrogen (secondary N) is 3. The average Bonchev–Trinajstić information content (AvgIpc) is 3.02. The molecule has 0 heterocycles. The van der Waals surface area contributed by atoms with Gasteiger partial charge in [-0.05, 0) is 34.4 Å². The number of carbonyl (C=O) groups is 3. The van der Waals surface area contributed by atoms with Crippen LogP contribution in [0.3, 0.4) is 0 Å². The minimum absolute atomic E-state index is 0.0273. The van der Waals surface area contributed by atoms with Gasteiger partial charge in [-0.15, -0.1) is 0 Å². The smallest absolute Gasteiger partial charge is 0.408 e. The number of carbonyl (C=O) groups excluding carboxylic acids is 3. The first kappa shape index (κ1) is 28.8. The zero-order valence-electron chi connectivity index (χ0n) is 22.4. The Morgan fingerprint density at radius 2 is 1.17 bits per heavy atom. The fourth-order valence-corrected chi connectivity index (χ4v) is 4.10. The normalized spacial score (nSPS) is 11.9. The molecule has 0 unspecified atom stereocenters. The van der Waals surface area contributed by atoms with Crippen LogP contribution in [0.25, 0.3) is 0 Å². The maximum Gasteiger partial charge on any atom is 0.408 e. The lowest BCUT2D eigenvalue weighted by molar-refractivity contribution is -0.130. The topological polar surface area (TPSA) is 132 Å². The molecule has 41 heavy (non-hydrogen) atoms. The number of hydrazine groups is 1. The molecule has 210 valence electrons. The average molecular weight is 553 g/mol. The number of hydrogen-bond acceptors (Lipinski definition) is 6. The monoisotopic (exact) mass is 552 g/mol. The van der Waals surface area contributed by atoms with Gasteiger partial charge in [0, 0.05) is 6.42 Å². The predicted molar refractivity (Wildman–Crippen MR) is 154 cm³/mol. The molecule has 0 aliphatic heterocycles. The molecule has 0 spiro atoms. The number of alkyl carbamates (subject to hydrolysis) is 1. The van der Waals surface area contributed by atoms with E-state index in [0.29, 0.717) is 17.9 Å². The summed E-state index contributed by atoms with van der Waals surface area (Å²) in [5.41, 5.74) is 5.21. The van der Waals surface area contributed by atoms with Crippen molar-refractivity contribution in [1.29, 1.82) is 0 Å². The van der Waals surface area contributed by atoms with Crippen molar-refractivity contribution in [2.45, 2.75) is 31.7 Å². The Kier molecular flexibility index (Phi) is 10.5. The minimum atomic E-state index is -1.16. The van der Waals surface area contributed by atoms with Gasteiger partial charge in [0.1, 0.15) is 31.0 Å². The third-order valence-corrected chi connectivity index (χ3v) is 6.26. The number of benzene rings is 4. The van der Waals surface area contributed by atoms with Crippen LogP contribution in [-0.4, -0.2) is 23.9 Å². The zero-order chi connectivity index (χ0) is 28.9. The highest BCUT2D eigenvalue weighted by Gasteiger charge is 2.28. The molecule has 0 aromatic heterocycles. The molecule has 4 aromatic carbocycles. The first-order chi connectivity index (χ1) is 20.0. The Bertz CT molecular complexity index is 1400. The summed E-state index contributed by atoms with van der Waals surface area (Å²) in [7, 11) is 0. The van der Waals surface area contributed by atoms with E-state index in [1.165, 1.54) is 0 Å².